The third kappa shape index (κ3) is 2.28. The molecule has 0 aromatic carbocycles. The Kier molecular flexibility index (Phi) is 2.72. The summed E-state index contributed by atoms with van der Waals surface area (Å²) in [6.07, 6.45) is 3.41. The first-order chi connectivity index (χ1) is 7.65. The summed E-state index contributed by atoms with van der Waals surface area (Å²) in [6, 6.07) is 6.99. The Balaban J connectivity index is 2.31. The fourth-order valence-electron chi connectivity index (χ4n) is 1.50. The van der Waals surface area contributed by atoms with Gasteiger partial charge in [0.25, 0.3) is 5.56 Å². The number of hydrogen-bond donors (Lipinski definition) is 1. The lowest BCUT2D eigenvalue weighted by molar-refractivity contribution is 0.738. The molecule has 0 amide bonds. The fourth-order valence-corrected chi connectivity index (χ4v) is 1.50. The molecule has 82 valence electrons. The molecule has 16 heavy (non-hydrogen) atoms. The molecule has 0 spiro atoms. The van der Waals surface area contributed by atoms with Gasteiger partial charge < -0.3 is 10.3 Å². The number of rotatable bonds is 2. The van der Waals surface area contributed by atoms with Crippen molar-refractivity contribution >= 4 is 5.69 Å². The van der Waals surface area contributed by atoms with Gasteiger partial charge >= 0.3 is 0 Å². The molecule has 0 aliphatic rings. The van der Waals surface area contributed by atoms with Crippen LogP contribution in [0.15, 0.2) is 41.5 Å². The molecule has 2 aromatic heterocycles. The minimum absolute atomic E-state index is 0.0239. The first kappa shape index (κ1) is 10.4. The Morgan fingerprint density at radius 3 is 2.88 bits per heavy atom. The number of nitrogens with zero attached hydrogens (tertiary/aromatic N) is 2. The van der Waals surface area contributed by atoms with Crippen molar-refractivity contribution in [3.63, 3.8) is 0 Å². The van der Waals surface area contributed by atoms with E-state index >= 15 is 0 Å². The van der Waals surface area contributed by atoms with E-state index in [1.165, 1.54) is 0 Å². The van der Waals surface area contributed by atoms with E-state index in [2.05, 4.69) is 4.98 Å². The summed E-state index contributed by atoms with van der Waals surface area (Å²) in [6.45, 7) is 2.34. The summed E-state index contributed by atoms with van der Waals surface area (Å²) in [7, 11) is 0. The number of nitrogen functional groups attached to an aromatic ring is 1. The number of aromatic nitrogens is 2. The molecule has 0 atom stereocenters. The highest BCUT2D eigenvalue weighted by Gasteiger charge is 1.99. The second-order valence-corrected chi connectivity index (χ2v) is 3.75. The number of anilines is 1. The van der Waals surface area contributed by atoms with Crippen molar-refractivity contribution in [1.29, 1.82) is 0 Å². The van der Waals surface area contributed by atoms with Crippen molar-refractivity contribution in [3.05, 3.63) is 58.3 Å². The predicted molar refractivity (Wildman–Crippen MR) is 63.2 cm³/mol. The van der Waals surface area contributed by atoms with Gasteiger partial charge in [0.05, 0.1) is 12.2 Å². The van der Waals surface area contributed by atoms with E-state index < -0.39 is 0 Å². The third-order valence-electron chi connectivity index (χ3n) is 2.32. The van der Waals surface area contributed by atoms with Crippen LogP contribution in [0, 0.1) is 6.92 Å². The maximum Gasteiger partial charge on any atom is 0.251 e. The van der Waals surface area contributed by atoms with Crippen LogP contribution in [0.1, 0.15) is 11.3 Å². The van der Waals surface area contributed by atoms with Crippen LogP contribution < -0.4 is 11.3 Å². The Morgan fingerprint density at radius 1 is 1.38 bits per heavy atom. The first-order valence-electron chi connectivity index (χ1n) is 5.02. The maximum atomic E-state index is 11.6. The van der Waals surface area contributed by atoms with Crippen molar-refractivity contribution < 1.29 is 0 Å². The summed E-state index contributed by atoms with van der Waals surface area (Å²) in [5, 5.41) is 0. The van der Waals surface area contributed by atoms with Crippen LogP contribution in [-0.4, -0.2) is 9.55 Å². The standard InChI is InChI=1S/C12H13N3O/c1-9-3-5-15(12(16)6-9)8-11-7-10(13)2-4-14-11/h2-7H,8H2,1H3,(H2,13,14). The van der Waals surface area contributed by atoms with Gasteiger partial charge in [-0.3, -0.25) is 9.78 Å². The maximum absolute atomic E-state index is 11.6. The van der Waals surface area contributed by atoms with Crippen LogP contribution in [0.5, 0.6) is 0 Å². The van der Waals surface area contributed by atoms with E-state index in [9.17, 15) is 4.79 Å². The van der Waals surface area contributed by atoms with Gasteiger partial charge in [0.2, 0.25) is 0 Å². The van der Waals surface area contributed by atoms with Crippen molar-refractivity contribution in [2.75, 3.05) is 5.73 Å². The van der Waals surface area contributed by atoms with E-state index in [0.717, 1.165) is 11.3 Å². The van der Waals surface area contributed by atoms with Gasteiger partial charge in [0, 0.05) is 24.1 Å². The molecule has 0 radical (unpaired) electrons. The number of nitrogens with two attached hydrogens (primary N) is 1. The molecule has 0 bridgehead atoms. The average molecular weight is 215 g/mol. The van der Waals surface area contributed by atoms with Crippen LogP contribution in [0.3, 0.4) is 0 Å². The van der Waals surface area contributed by atoms with Gasteiger partial charge in [-0.05, 0) is 30.7 Å². The summed E-state index contributed by atoms with van der Waals surface area (Å²) >= 11 is 0. The predicted octanol–water partition coefficient (Wildman–Crippen LogP) is 1.18. The van der Waals surface area contributed by atoms with Crippen molar-refractivity contribution in [1.82, 2.24) is 9.55 Å². The van der Waals surface area contributed by atoms with Crippen LogP contribution in [0.4, 0.5) is 5.69 Å². The molecular weight excluding hydrogens is 202 g/mol. The third-order valence-corrected chi connectivity index (χ3v) is 2.32. The molecule has 0 saturated heterocycles. The molecule has 0 aliphatic heterocycles. The van der Waals surface area contributed by atoms with E-state index in [-0.39, 0.29) is 5.56 Å². The van der Waals surface area contributed by atoms with Gasteiger partial charge in [-0.15, -0.1) is 0 Å². The van der Waals surface area contributed by atoms with E-state index in [1.807, 2.05) is 13.0 Å². The van der Waals surface area contributed by atoms with Gasteiger partial charge in [-0.1, -0.05) is 0 Å². The van der Waals surface area contributed by atoms with Gasteiger partial charge in [-0.25, -0.2) is 0 Å². The van der Waals surface area contributed by atoms with E-state index in [4.69, 9.17) is 5.73 Å². The highest BCUT2D eigenvalue weighted by molar-refractivity contribution is 5.37. The Hall–Kier alpha value is -2.10. The topological polar surface area (TPSA) is 60.9 Å². The van der Waals surface area contributed by atoms with E-state index in [1.54, 1.807) is 35.2 Å². The smallest absolute Gasteiger partial charge is 0.251 e. The second-order valence-electron chi connectivity index (χ2n) is 3.75. The van der Waals surface area contributed by atoms with Crippen molar-refractivity contribution in [3.8, 4) is 0 Å². The minimum atomic E-state index is -0.0239. The number of pyridine rings is 2. The lowest BCUT2D eigenvalue weighted by atomic mass is 10.3. The first-order valence-corrected chi connectivity index (χ1v) is 5.02. The molecule has 2 heterocycles. The minimum Gasteiger partial charge on any atom is -0.399 e. The molecule has 4 heteroatoms. The largest absolute Gasteiger partial charge is 0.399 e. The van der Waals surface area contributed by atoms with Gasteiger partial charge in [0.15, 0.2) is 0 Å². The molecular formula is C12H13N3O. The Labute approximate surface area is 93.4 Å². The fraction of sp³-hybridized carbons (Fsp3) is 0.167. The normalized spacial score (nSPS) is 10.3. The molecule has 2 aromatic rings. The summed E-state index contributed by atoms with van der Waals surface area (Å²) < 4.78 is 1.61. The molecule has 2 rings (SSSR count). The molecule has 0 aliphatic carbocycles. The monoisotopic (exact) mass is 215 g/mol. The summed E-state index contributed by atoms with van der Waals surface area (Å²) in [5.74, 6) is 0. The van der Waals surface area contributed by atoms with Crippen molar-refractivity contribution in [2.24, 2.45) is 0 Å². The molecule has 0 fully saturated rings. The zero-order valence-corrected chi connectivity index (χ0v) is 9.05. The highest BCUT2D eigenvalue weighted by Crippen LogP contribution is 2.04. The SMILES string of the molecule is Cc1ccn(Cc2cc(N)ccn2)c(=O)c1. The molecule has 0 unspecified atom stereocenters. The van der Waals surface area contributed by atoms with E-state index in [0.29, 0.717) is 12.2 Å². The Morgan fingerprint density at radius 2 is 2.19 bits per heavy atom. The number of aryl methyl sites for hydroxylation is 1. The molecule has 0 saturated carbocycles. The molecule has 2 N–H and O–H groups in total. The average Bonchev–Trinajstić information content (AvgIpc) is 2.22. The summed E-state index contributed by atoms with van der Waals surface area (Å²) in [4.78, 5) is 15.8. The van der Waals surface area contributed by atoms with Gasteiger partial charge in [-0.2, -0.15) is 0 Å². The lowest BCUT2D eigenvalue weighted by Crippen LogP contribution is -2.19. The second kappa shape index (κ2) is 4.18. The van der Waals surface area contributed by atoms with Gasteiger partial charge in [0.1, 0.15) is 0 Å². The Bertz CT molecular complexity index is 560. The summed E-state index contributed by atoms with van der Waals surface area (Å²) in [5.41, 5.74) is 8.02. The quantitative estimate of drug-likeness (QED) is 0.818. The van der Waals surface area contributed by atoms with Crippen LogP contribution in [0.25, 0.3) is 0 Å². The van der Waals surface area contributed by atoms with Crippen LogP contribution in [0.2, 0.25) is 0 Å². The van der Waals surface area contributed by atoms with Crippen LogP contribution >= 0.6 is 0 Å². The lowest BCUT2D eigenvalue weighted by Gasteiger charge is -2.05. The zero-order chi connectivity index (χ0) is 11.5. The highest BCUT2D eigenvalue weighted by atomic mass is 16.1. The zero-order valence-electron chi connectivity index (χ0n) is 9.05. The van der Waals surface area contributed by atoms with Crippen molar-refractivity contribution in [2.45, 2.75) is 13.5 Å². The number of hydrogen-bond acceptors (Lipinski definition) is 3. The molecule has 4 nitrogen and oxygen atoms in total. The van der Waals surface area contributed by atoms with Crippen LogP contribution in [-0.2, 0) is 6.54 Å².